The zero-order chi connectivity index (χ0) is 10.7. The van der Waals surface area contributed by atoms with E-state index in [4.69, 9.17) is 5.73 Å². The molecule has 0 spiro atoms. The van der Waals surface area contributed by atoms with Crippen molar-refractivity contribution in [2.24, 2.45) is 5.73 Å². The Morgan fingerprint density at radius 2 is 1.86 bits per heavy atom. The summed E-state index contributed by atoms with van der Waals surface area (Å²) in [5.41, 5.74) is 5.82. The highest BCUT2D eigenvalue weighted by atomic mass is 19.4. The van der Waals surface area contributed by atoms with E-state index in [9.17, 15) is 13.2 Å². The molecule has 0 aromatic rings. The van der Waals surface area contributed by atoms with Gasteiger partial charge in [-0.15, -0.1) is 0 Å². The van der Waals surface area contributed by atoms with Crippen LogP contribution in [0.5, 0.6) is 0 Å². The first kappa shape index (κ1) is 11.8. The van der Waals surface area contributed by atoms with Crippen molar-refractivity contribution in [2.45, 2.75) is 43.8 Å². The Kier molecular flexibility index (Phi) is 3.78. The molecule has 0 bridgehead atoms. The van der Waals surface area contributed by atoms with Crippen LogP contribution in [0.15, 0.2) is 0 Å². The Morgan fingerprint density at radius 3 is 2.29 bits per heavy atom. The maximum atomic E-state index is 11.7. The smallest absolute Gasteiger partial charge is 0.325 e. The van der Waals surface area contributed by atoms with Gasteiger partial charge in [0.15, 0.2) is 0 Å². The van der Waals surface area contributed by atoms with Crippen LogP contribution < -0.4 is 11.1 Å². The van der Waals surface area contributed by atoms with Gasteiger partial charge in [-0.1, -0.05) is 0 Å². The van der Waals surface area contributed by atoms with E-state index in [1.807, 2.05) is 0 Å². The first-order valence-electron chi connectivity index (χ1n) is 4.98. The Labute approximate surface area is 82.0 Å². The van der Waals surface area contributed by atoms with Gasteiger partial charge in [-0.2, -0.15) is 13.2 Å². The van der Waals surface area contributed by atoms with Crippen molar-refractivity contribution in [3.05, 3.63) is 0 Å². The molecule has 0 aliphatic heterocycles. The molecule has 0 aromatic heterocycles. The normalized spacial score (nSPS) is 20.6. The van der Waals surface area contributed by atoms with Crippen LogP contribution in [-0.2, 0) is 0 Å². The van der Waals surface area contributed by atoms with Crippen LogP contribution in [0.1, 0.15) is 32.1 Å². The van der Waals surface area contributed by atoms with E-state index in [2.05, 4.69) is 5.32 Å². The summed E-state index contributed by atoms with van der Waals surface area (Å²) in [6.45, 7) is 0.589. The molecule has 84 valence electrons. The number of nitrogens with one attached hydrogen (secondary N) is 1. The van der Waals surface area contributed by atoms with Crippen LogP contribution in [0.4, 0.5) is 13.2 Å². The van der Waals surface area contributed by atoms with Gasteiger partial charge in [-0.05, 0) is 32.2 Å². The maximum Gasteiger partial charge on any atom is 0.390 e. The molecule has 1 aliphatic rings. The summed E-state index contributed by atoms with van der Waals surface area (Å²) in [4.78, 5) is 0. The number of halogens is 3. The van der Waals surface area contributed by atoms with Gasteiger partial charge < -0.3 is 11.1 Å². The first-order chi connectivity index (χ1) is 6.41. The van der Waals surface area contributed by atoms with Gasteiger partial charge >= 0.3 is 6.18 Å². The molecule has 5 heteroatoms. The molecule has 0 saturated heterocycles. The van der Waals surface area contributed by atoms with Gasteiger partial charge in [0.05, 0.1) is 6.42 Å². The summed E-state index contributed by atoms with van der Waals surface area (Å²) >= 11 is 0. The fourth-order valence-electron chi connectivity index (χ4n) is 1.57. The molecule has 0 radical (unpaired) electrons. The minimum atomic E-state index is -4.05. The lowest BCUT2D eigenvalue weighted by Crippen LogP contribution is -2.48. The lowest BCUT2D eigenvalue weighted by Gasteiger charge is -2.38. The number of hydrogen-bond acceptors (Lipinski definition) is 2. The van der Waals surface area contributed by atoms with Crippen LogP contribution in [0.25, 0.3) is 0 Å². The van der Waals surface area contributed by atoms with E-state index in [0.717, 1.165) is 25.7 Å². The van der Waals surface area contributed by atoms with Crippen molar-refractivity contribution in [1.29, 1.82) is 0 Å². The highest BCUT2D eigenvalue weighted by Crippen LogP contribution is 2.31. The second-order valence-electron chi connectivity index (χ2n) is 4.08. The molecular weight excluding hydrogens is 193 g/mol. The summed E-state index contributed by atoms with van der Waals surface area (Å²) in [7, 11) is 0. The van der Waals surface area contributed by atoms with Crippen LogP contribution in [0.2, 0.25) is 0 Å². The fourth-order valence-corrected chi connectivity index (χ4v) is 1.57. The predicted octanol–water partition coefficient (Wildman–Crippen LogP) is 1.80. The minimum Gasteiger partial charge on any atom is -0.325 e. The van der Waals surface area contributed by atoms with Crippen molar-refractivity contribution in [3.63, 3.8) is 0 Å². The zero-order valence-electron chi connectivity index (χ0n) is 8.16. The molecular formula is C9H17F3N2. The lowest BCUT2D eigenvalue weighted by atomic mass is 9.75. The van der Waals surface area contributed by atoms with Gasteiger partial charge in [-0.3, -0.25) is 0 Å². The van der Waals surface area contributed by atoms with E-state index < -0.39 is 12.6 Å². The van der Waals surface area contributed by atoms with E-state index in [-0.39, 0.29) is 12.1 Å². The van der Waals surface area contributed by atoms with Gasteiger partial charge in [0.1, 0.15) is 0 Å². The van der Waals surface area contributed by atoms with E-state index in [1.165, 1.54) is 0 Å². The molecule has 2 nitrogen and oxygen atoms in total. The third kappa shape index (κ3) is 4.28. The van der Waals surface area contributed by atoms with Crippen molar-refractivity contribution >= 4 is 0 Å². The highest BCUT2D eigenvalue weighted by Gasteiger charge is 2.31. The largest absolute Gasteiger partial charge is 0.390 e. The third-order valence-electron chi connectivity index (χ3n) is 2.73. The van der Waals surface area contributed by atoms with Crippen molar-refractivity contribution in [1.82, 2.24) is 5.32 Å². The van der Waals surface area contributed by atoms with Gasteiger partial charge in [0.25, 0.3) is 0 Å². The lowest BCUT2D eigenvalue weighted by molar-refractivity contribution is -0.133. The molecule has 1 saturated carbocycles. The van der Waals surface area contributed by atoms with Gasteiger partial charge in [-0.25, -0.2) is 0 Å². The van der Waals surface area contributed by atoms with Crippen LogP contribution >= 0.6 is 0 Å². The molecule has 0 atom stereocenters. The molecule has 3 N–H and O–H groups in total. The predicted molar refractivity (Wildman–Crippen MR) is 48.9 cm³/mol. The van der Waals surface area contributed by atoms with Crippen LogP contribution in [-0.4, -0.2) is 24.8 Å². The number of hydrogen-bond donors (Lipinski definition) is 2. The second kappa shape index (κ2) is 4.49. The Hall–Kier alpha value is -0.290. The Bertz CT molecular complexity index is 175. The zero-order valence-corrected chi connectivity index (χ0v) is 8.16. The summed E-state index contributed by atoms with van der Waals surface area (Å²) in [6, 6.07) is 0. The van der Waals surface area contributed by atoms with Crippen molar-refractivity contribution in [2.75, 3.05) is 13.1 Å². The molecule has 0 heterocycles. The molecule has 14 heavy (non-hydrogen) atoms. The Morgan fingerprint density at radius 1 is 1.21 bits per heavy atom. The molecule has 0 unspecified atom stereocenters. The number of nitrogens with two attached hydrogens (primary N) is 1. The van der Waals surface area contributed by atoms with Crippen LogP contribution in [0.3, 0.4) is 0 Å². The first-order valence-corrected chi connectivity index (χ1v) is 4.98. The van der Waals surface area contributed by atoms with Gasteiger partial charge in [0, 0.05) is 12.1 Å². The average Bonchev–Trinajstić information content (AvgIpc) is 1.98. The summed E-state index contributed by atoms with van der Waals surface area (Å²) in [5, 5.41) is 2.77. The van der Waals surface area contributed by atoms with Gasteiger partial charge in [0.2, 0.25) is 0 Å². The minimum absolute atomic E-state index is 0.000417. The molecule has 1 fully saturated rings. The summed E-state index contributed by atoms with van der Waals surface area (Å²) in [5.74, 6) is 0. The monoisotopic (exact) mass is 210 g/mol. The molecule has 0 aromatic carbocycles. The molecule has 1 rings (SSSR count). The quantitative estimate of drug-likeness (QED) is 0.679. The highest BCUT2D eigenvalue weighted by molar-refractivity contribution is 4.92. The maximum absolute atomic E-state index is 11.7. The van der Waals surface area contributed by atoms with E-state index in [0.29, 0.717) is 6.54 Å². The summed E-state index contributed by atoms with van der Waals surface area (Å²) in [6.07, 6.45) is -0.861. The number of alkyl halides is 3. The second-order valence-corrected chi connectivity index (χ2v) is 4.08. The number of rotatable bonds is 5. The third-order valence-corrected chi connectivity index (χ3v) is 2.73. The summed E-state index contributed by atoms with van der Waals surface area (Å²) < 4.78 is 35.2. The van der Waals surface area contributed by atoms with Crippen molar-refractivity contribution < 1.29 is 13.2 Å². The van der Waals surface area contributed by atoms with E-state index >= 15 is 0 Å². The SMILES string of the molecule is NC1(CCNCCC(F)(F)F)CCC1. The van der Waals surface area contributed by atoms with Crippen molar-refractivity contribution in [3.8, 4) is 0 Å². The average molecular weight is 210 g/mol. The standard InChI is InChI=1S/C9H17F3N2/c10-9(11,12)5-7-14-6-4-8(13)2-1-3-8/h14H,1-7,13H2. The van der Waals surface area contributed by atoms with Crippen LogP contribution in [0, 0.1) is 0 Å². The Balaban J connectivity index is 1.94. The molecule has 0 amide bonds. The van der Waals surface area contributed by atoms with E-state index in [1.54, 1.807) is 0 Å². The topological polar surface area (TPSA) is 38.0 Å². The molecule has 1 aliphatic carbocycles. The fraction of sp³-hybridized carbons (Fsp3) is 1.00.